The lowest BCUT2D eigenvalue weighted by Crippen LogP contribution is -2.06. The summed E-state index contributed by atoms with van der Waals surface area (Å²) in [7, 11) is -3.58. The van der Waals surface area contributed by atoms with Gasteiger partial charge in [-0.15, -0.1) is 0 Å². The monoisotopic (exact) mass is 449 g/mol. The van der Waals surface area contributed by atoms with Crippen molar-refractivity contribution >= 4 is 7.82 Å². The van der Waals surface area contributed by atoms with Crippen LogP contribution in [-0.2, 0) is 18.2 Å². The molecule has 0 unspecified atom stereocenters. The van der Waals surface area contributed by atoms with E-state index in [1.165, 1.54) is 103 Å². The van der Waals surface area contributed by atoms with Crippen LogP contribution in [0.3, 0.4) is 0 Å². The van der Waals surface area contributed by atoms with Gasteiger partial charge in [-0.3, -0.25) is 9.05 Å². The maximum absolute atomic E-state index is 12.3. The Morgan fingerprint density at radius 3 is 1.03 bits per heavy atom. The summed E-state index contributed by atoms with van der Waals surface area (Å²) < 4.78 is 27.5. The maximum Gasteiger partial charge on any atom is 0.491 e. The molecule has 0 saturated carbocycles. The summed E-state index contributed by atoms with van der Waals surface area (Å²) in [5, 5.41) is 0. The van der Waals surface area contributed by atoms with Crippen LogP contribution in [0.4, 0.5) is 0 Å². The second-order valence-corrected chi connectivity index (χ2v) is 10.2. The third-order valence-electron chi connectivity index (χ3n) is 5.62. The molecule has 0 spiro atoms. The number of phosphoric acid groups is 1. The second-order valence-electron chi connectivity index (χ2n) is 8.58. The van der Waals surface area contributed by atoms with E-state index >= 15 is 0 Å². The molecule has 0 aliphatic carbocycles. The third kappa shape index (κ3) is 21.3. The maximum atomic E-state index is 12.3. The minimum Gasteiger partial charge on any atom is -0.286 e. The molecule has 2 N–H and O–H groups in total. The van der Waals surface area contributed by atoms with Crippen molar-refractivity contribution in [3.8, 4) is 0 Å². The van der Waals surface area contributed by atoms with E-state index in [-0.39, 0.29) is 0 Å². The highest BCUT2D eigenvalue weighted by atomic mass is 31.2. The number of unbranched alkanes of at least 4 members (excludes halogenated alkanes) is 18. The molecule has 6 heteroatoms. The second kappa shape index (κ2) is 23.7. The fourth-order valence-corrected chi connectivity index (χ4v) is 4.53. The lowest BCUT2D eigenvalue weighted by atomic mass is 10.1. The molecular weight excluding hydrogens is 397 g/mol. The van der Waals surface area contributed by atoms with Gasteiger partial charge in [0.1, 0.15) is 0 Å². The first-order valence-corrected chi connectivity index (χ1v) is 14.4. The van der Waals surface area contributed by atoms with Crippen molar-refractivity contribution in [2.45, 2.75) is 142 Å². The predicted molar refractivity (Wildman–Crippen MR) is 128 cm³/mol. The molecule has 0 fully saturated rings. The average molecular weight is 450 g/mol. The van der Waals surface area contributed by atoms with Crippen LogP contribution in [0.25, 0.3) is 0 Å². The zero-order valence-electron chi connectivity index (χ0n) is 20.2. The highest BCUT2D eigenvalue weighted by Crippen LogP contribution is 2.47. The molecule has 0 aromatic carbocycles. The fourth-order valence-electron chi connectivity index (χ4n) is 3.63. The van der Waals surface area contributed by atoms with E-state index in [1.807, 2.05) is 0 Å². The normalized spacial score (nSPS) is 12.0. The molecular formula is C24H52NO4P. The van der Waals surface area contributed by atoms with E-state index in [4.69, 9.17) is 14.9 Å². The molecule has 0 amide bonds. The van der Waals surface area contributed by atoms with Crippen LogP contribution >= 0.6 is 7.82 Å². The molecule has 0 heterocycles. The van der Waals surface area contributed by atoms with Gasteiger partial charge in [0.05, 0.1) is 13.2 Å². The molecule has 5 nitrogen and oxygen atoms in total. The van der Waals surface area contributed by atoms with Crippen LogP contribution in [0.5, 0.6) is 0 Å². The molecule has 0 bridgehead atoms. The van der Waals surface area contributed by atoms with Gasteiger partial charge in [-0.05, 0) is 12.8 Å². The Morgan fingerprint density at radius 2 is 0.767 bits per heavy atom. The van der Waals surface area contributed by atoms with Crippen molar-refractivity contribution < 1.29 is 18.2 Å². The molecule has 0 radical (unpaired) electrons. The van der Waals surface area contributed by atoms with Crippen molar-refractivity contribution in [3.63, 3.8) is 0 Å². The van der Waals surface area contributed by atoms with Gasteiger partial charge in [-0.1, -0.05) is 129 Å². The van der Waals surface area contributed by atoms with Crippen LogP contribution in [0.1, 0.15) is 142 Å². The van der Waals surface area contributed by atoms with Gasteiger partial charge in [0.15, 0.2) is 0 Å². The van der Waals surface area contributed by atoms with E-state index in [0.717, 1.165) is 25.7 Å². The van der Waals surface area contributed by atoms with Gasteiger partial charge in [0.2, 0.25) is 0 Å². The summed E-state index contributed by atoms with van der Waals surface area (Å²) in [6.45, 7) is 5.26. The van der Waals surface area contributed by atoms with E-state index in [2.05, 4.69) is 18.5 Å². The van der Waals surface area contributed by atoms with Crippen molar-refractivity contribution in [2.24, 2.45) is 5.90 Å². The summed E-state index contributed by atoms with van der Waals surface area (Å²) in [6, 6.07) is 0. The Hall–Kier alpha value is 0.0700. The largest absolute Gasteiger partial charge is 0.491 e. The Balaban J connectivity index is 3.46. The van der Waals surface area contributed by atoms with Crippen LogP contribution in [-0.4, -0.2) is 13.2 Å². The number of hydrogen-bond donors (Lipinski definition) is 1. The molecule has 0 aromatic rings. The van der Waals surface area contributed by atoms with Crippen LogP contribution in [0.2, 0.25) is 0 Å². The molecule has 0 atom stereocenters. The highest BCUT2D eigenvalue weighted by molar-refractivity contribution is 7.48. The van der Waals surface area contributed by atoms with Gasteiger partial charge in [-0.2, -0.15) is 0 Å². The summed E-state index contributed by atoms with van der Waals surface area (Å²) in [5.74, 6) is 5.15. The Bertz CT molecular complexity index is 352. The minimum absolute atomic E-state index is 0.378. The number of hydrogen-bond acceptors (Lipinski definition) is 5. The first-order chi connectivity index (χ1) is 14.7. The average Bonchev–Trinajstić information content (AvgIpc) is 2.76. The van der Waals surface area contributed by atoms with Gasteiger partial charge in [0.25, 0.3) is 0 Å². The number of nitrogens with two attached hydrogens (primary N) is 1. The quantitative estimate of drug-likeness (QED) is 0.0856. The SMILES string of the molecule is CCCCCCCCCCCCOP(=O)(ON)OCCCCCCCCCCCC. The lowest BCUT2D eigenvalue weighted by Gasteiger charge is -2.15. The first kappa shape index (κ1) is 30.1. The topological polar surface area (TPSA) is 70.8 Å². The molecule has 0 aliphatic heterocycles. The Kier molecular flexibility index (Phi) is 23.8. The summed E-state index contributed by atoms with van der Waals surface area (Å²) in [6.07, 6.45) is 25.0. The summed E-state index contributed by atoms with van der Waals surface area (Å²) >= 11 is 0. The Morgan fingerprint density at radius 1 is 0.500 bits per heavy atom. The Labute approximate surface area is 187 Å². The summed E-state index contributed by atoms with van der Waals surface area (Å²) in [5.41, 5.74) is 0. The van der Waals surface area contributed by atoms with Gasteiger partial charge in [0, 0.05) is 0 Å². The van der Waals surface area contributed by atoms with E-state index in [0.29, 0.717) is 13.2 Å². The summed E-state index contributed by atoms with van der Waals surface area (Å²) in [4.78, 5) is 0. The lowest BCUT2D eigenvalue weighted by molar-refractivity contribution is 0.110. The van der Waals surface area contributed by atoms with Crippen LogP contribution in [0, 0.1) is 0 Å². The van der Waals surface area contributed by atoms with Crippen molar-refractivity contribution in [2.75, 3.05) is 13.2 Å². The molecule has 182 valence electrons. The zero-order valence-corrected chi connectivity index (χ0v) is 21.1. The smallest absolute Gasteiger partial charge is 0.286 e. The minimum atomic E-state index is -3.58. The van der Waals surface area contributed by atoms with Gasteiger partial charge < -0.3 is 0 Å². The van der Waals surface area contributed by atoms with Crippen molar-refractivity contribution in [1.29, 1.82) is 0 Å². The van der Waals surface area contributed by atoms with E-state index in [1.54, 1.807) is 0 Å². The van der Waals surface area contributed by atoms with Crippen molar-refractivity contribution in [3.05, 3.63) is 0 Å². The standard InChI is InChI=1S/C24H52NO4P/c1-3-5-7-9-11-13-15-17-19-21-23-27-30(26,29-25)28-24-22-20-18-16-14-12-10-8-6-4-2/h3-25H2,1-2H3. The van der Waals surface area contributed by atoms with E-state index in [9.17, 15) is 4.57 Å². The molecule has 0 saturated heterocycles. The number of phosphoric ester groups is 1. The molecule has 30 heavy (non-hydrogen) atoms. The van der Waals surface area contributed by atoms with Crippen molar-refractivity contribution in [1.82, 2.24) is 0 Å². The molecule has 0 aromatic heterocycles. The number of rotatable bonds is 25. The van der Waals surface area contributed by atoms with Gasteiger partial charge >= 0.3 is 7.82 Å². The third-order valence-corrected chi connectivity index (χ3v) is 6.88. The van der Waals surface area contributed by atoms with Gasteiger partial charge in [-0.25, -0.2) is 15.1 Å². The van der Waals surface area contributed by atoms with Crippen LogP contribution in [0.15, 0.2) is 0 Å². The molecule has 0 rings (SSSR count). The van der Waals surface area contributed by atoms with E-state index < -0.39 is 7.82 Å². The highest BCUT2D eigenvalue weighted by Gasteiger charge is 2.25. The zero-order chi connectivity index (χ0) is 22.2. The first-order valence-electron chi connectivity index (χ1n) is 13.0. The predicted octanol–water partition coefficient (Wildman–Crippen LogP) is 8.86. The van der Waals surface area contributed by atoms with Crippen LogP contribution < -0.4 is 5.90 Å². The fraction of sp³-hybridized carbons (Fsp3) is 1.00. The molecule has 0 aliphatic rings.